The van der Waals surface area contributed by atoms with Gasteiger partial charge in [0.2, 0.25) is 0 Å². The topological polar surface area (TPSA) is 65.4 Å². The summed E-state index contributed by atoms with van der Waals surface area (Å²) in [6, 6.07) is 24.8. The molecule has 0 saturated heterocycles. The number of carbonyl (C=O) groups is 1. The molecule has 4 rings (SSSR count). The first-order valence-electron chi connectivity index (χ1n) is 11.2. The van der Waals surface area contributed by atoms with Gasteiger partial charge in [0.1, 0.15) is 5.82 Å². The van der Waals surface area contributed by atoms with Crippen LogP contribution in [0.25, 0.3) is 11.0 Å². The van der Waals surface area contributed by atoms with Gasteiger partial charge in [0.25, 0.3) is 5.91 Å². The summed E-state index contributed by atoms with van der Waals surface area (Å²) in [6.45, 7) is 3.36. The number of carbonyl (C=O) groups excluding carboxylic acids is 1. The largest absolute Gasteiger partial charge is 0.493 e. The number of unbranched alkanes of at least 4 members (excludes halogenated alkanes) is 1. The molecule has 1 amide bonds. The van der Waals surface area contributed by atoms with E-state index < -0.39 is 0 Å². The van der Waals surface area contributed by atoms with E-state index in [2.05, 4.69) is 16.0 Å². The number of hydrogen-bond acceptors (Lipinski definition) is 4. The van der Waals surface area contributed by atoms with E-state index in [1.807, 2.05) is 79.7 Å². The number of imidazole rings is 1. The molecule has 4 aromatic rings. The van der Waals surface area contributed by atoms with Crippen LogP contribution in [0.15, 0.2) is 78.9 Å². The van der Waals surface area contributed by atoms with Gasteiger partial charge < -0.3 is 19.4 Å². The lowest BCUT2D eigenvalue weighted by molar-refractivity contribution is 0.0937. The molecule has 1 aromatic heterocycles. The Morgan fingerprint density at radius 2 is 1.64 bits per heavy atom. The van der Waals surface area contributed by atoms with E-state index >= 15 is 0 Å². The minimum absolute atomic E-state index is 0.105. The third-order valence-electron chi connectivity index (χ3n) is 5.56. The van der Waals surface area contributed by atoms with E-state index in [0.29, 0.717) is 12.2 Å². The Kier molecular flexibility index (Phi) is 7.25. The van der Waals surface area contributed by atoms with Crippen molar-refractivity contribution in [3.05, 3.63) is 90.3 Å². The minimum atomic E-state index is -0.227. The number of aryl methyl sites for hydroxylation is 1. The normalized spacial score (nSPS) is 11.8. The highest BCUT2D eigenvalue weighted by Gasteiger charge is 2.19. The van der Waals surface area contributed by atoms with Crippen molar-refractivity contribution in [1.29, 1.82) is 0 Å². The van der Waals surface area contributed by atoms with E-state index in [-0.39, 0.29) is 11.9 Å². The smallest absolute Gasteiger partial charge is 0.251 e. The van der Waals surface area contributed by atoms with E-state index in [0.717, 1.165) is 47.7 Å². The molecule has 0 radical (unpaired) electrons. The fraction of sp³-hybridized carbons (Fsp3) is 0.259. The summed E-state index contributed by atoms with van der Waals surface area (Å²) in [5, 5.41) is 3.09. The summed E-state index contributed by atoms with van der Waals surface area (Å²) >= 11 is 0. The maximum atomic E-state index is 12.7. The molecular weight excluding hydrogens is 414 g/mol. The molecule has 0 aliphatic heterocycles. The zero-order valence-corrected chi connectivity index (χ0v) is 19.0. The Hall–Kier alpha value is -3.80. The predicted octanol–water partition coefficient (Wildman–Crippen LogP) is 5.40. The van der Waals surface area contributed by atoms with Gasteiger partial charge in [-0.15, -0.1) is 0 Å². The van der Waals surface area contributed by atoms with Crippen LogP contribution in [0.5, 0.6) is 11.5 Å². The Labute approximate surface area is 194 Å². The first kappa shape index (κ1) is 22.4. The molecule has 170 valence electrons. The van der Waals surface area contributed by atoms with Crippen molar-refractivity contribution in [2.75, 3.05) is 13.7 Å². The lowest BCUT2D eigenvalue weighted by Crippen LogP contribution is -2.28. The maximum absolute atomic E-state index is 12.7. The average Bonchev–Trinajstić information content (AvgIpc) is 3.23. The molecule has 0 aliphatic carbocycles. The third-order valence-corrected chi connectivity index (χ3v) is 5.56. The van der Waals surface area contributed by atoms with Gasteiger partial charge in [-0.1, -0.05) is 42.5 Å². The van der Waals surface area contributed by atoms with Crippen molar-refractivity contribution in [2.45, 2.75) is 32.4 Å². The molecule has 1 heterocycles. The zero-order chi connectivity index (χ0) is 23.0. The lowest BCUT2D eigenvalue weighted by atomic mass is 10.2. The van der Waals surface area contributed by atoms with E-state index in [4.69, 9.17) is 14.5 Å². The van der Waals surface area contributed by atoms with Crippen LogP contribution in [0, 0.1) is 0 Å². The average molecular weight is 444 g/mol. The molecule has 6 nitrogen and oxygen atoms in total. The van der Waals surface area contributed by atoms with E-state index in [1.54, 1.807) is 7.11 Å². The number of hydrogen-bond donors (Lipinski definition) is 1. The Balaban J connectivity index is 1.42. The highest BCUT2D eigenvalue weighted by Crippen LogP contribution is 2.26. The van der Waals surface area contributed by atoms with Crippen molar-refractivity contribution in [3.8, 4) is 11.5 Å². The molecule has 0 spiro atoms. The van der Waals surface area contributed by atoms with Crippen molar-refractivity contribution >= 4 is 16.9 Å². The monoisotopic (exact) mass is 443 g/mol. The first-order valence-corrected chi connectivity index (χ1v) is 11.2. The second kappa shape index (κ2) is 10.7. The number of methoxy groups -OCH3 is 1. The third kappa shape index (κ3) is 5.34. The maximum Gasteiger partial charge on any atom is 0.251 e. The molecule has 3 aromatic carbocycles. The van der Waals surface area contributed by atoms with Gasteiger partial charge in [-0.2, -0.15) is 0 Å². The van der Waals surface area contributed by atoms with E-state index in [9.17, 15) is 4.79 Å². The second-order valence-electron chi connectivity index (χ2n) is 7.88. The van der Waals surface area contributed by atoms with Crippen molar-refractivity contribution in [1.82, 2.24) is 14.9 Å². The fourth-order valence-electron chi connectivity index (χ4n) is 3.89. The molecule has 1 unspecified atom stereocenters. The number of benzene rings is 3. The molecule has 33 heavy (non-hydrogen) atoms. The van der Waals surface area contributed by atoms with Crippen molar-refractivity contribution in [3.63, 3.8) is 0 Å². The summed E-state index contributed by atoms with van der Waals surface area (Å²) < 4.78 is 13.5. The standard InChI is InChI=1S/C27H29N3O3/c1-20(28-27(31)21-12-4-3-5-13-21)26-29-22-14-6-7-15-23(22)30(26)18-10-11-19-33-25-17-9-8-16-24(25)32-2/h3-9,12-17,20H,10-11,18-19H2,1-2H3,(H,28,31). The van der Waals surface area contributed by atoms with Crippen LogP contribution >= 0.6 is 0 Å². The van der Waals surface area contributed by atoms with Gasteiger partial charge in [0.05, 0.1) is 30.8 Å². The van der Waals surface area contributed by atoms with Gasteiger partial charge >= 0.3 is 0 Å². The molecule has 6 heteroatoms. The molecule has 1 N–H and O–H groups in total. The Morgan fingerprint density at radius 1 is 0.939 bits per heavy atom. The molecule has 0 bridgehead atoms. The van der Waals surface area contributed by atoms with Gasteiger partial charge in [0.15, 0.2) is 11.5 Å². The van der Waals surface area contributed by atoms with Crippen LogP contribution in [0.2, 0.25) is 0 Å². The van der Waals surface area contributed by atoms with Crippen LogP contribution in [-0.4, -0.2) is 29.2 Å². The highest BCUT2D eigenvalue weighted by atomic mass is 16.5. The number of aromatic nitrogens is 2. The number of para-hydroxylation sites is 4. The van der Waals surface area contributed by atoms with Crippen LogP contribution in [0.1, 0.15) is 42.0 Å². The predicted molar refractivity (Wildman–Crippen MR) is 130 cm³/mol. The van der Waals surface area contributed by atoms with Crippen LogP contribution in [-0.2, 0) is 6.54 Å². The van der Waals surface area contributed by atoms with Crippen LogP contribution < -0.4 is 14.8 Å². The molecule has 0 aliphatic rings. The summed E-state index contributed by atoms with van der Waals surface area (Å²) in [6.07, 6.45) is 1.80. The number of amides is 1. The van der Waals surface area contributed by atoms with E-state index in [1.165, 1.54) is 0 Å². The Morgan fingerprint density at radius 3 is 2.42 bits per heavy atom. The number of rotatable bonds is 10. The SMILES string of the molecule is COc1ccccc1OCCCCn1c(C(C)NC(=O)c2ccccc2)nc2ccccc21. The Bertz CT molecular complexity index is 1200. The van der Waals surface area contributed by atoms with Crippen LogP contribution in [0.4, 0.5) is 0 Å². The molecule has 0 saturated carbocycles. The molecule has 0 fully saturated rings. The minimum Gasteiger partial charge on any atom is -0.493 e. The van der Waals surface area contributed by atoms with Gasteiger partial charge in [-0.05, 0) is 56.2 Å². The van der Waals surface area contributed by atoms with Gasteiger partial charge in [0, 0.05) is 12.1 Å². The second-order valence-corrected chi connectivity index (χ2v) is 7.88. The van der Waals surface area contributed by atoms with Crippen LogP contribution in [0.3, 0.4) is 0 Å². The quantitative estimate of drug-likeness (QED) is 0.334. The lowest BCUT2D eigenvalue weighted by Gasteiger charge is -2.17. The first-order chi connectivity index (χ1) is 16.2. The van der Waals surface area contributed by atoms with Crippen molar-refractivity contribution in [2.24, 2.45) is 0 Å². The van der Waals surface area contributed by atoms with Gasteiger partial charge in [-0.3, -0.25) is 4.79 Å². The number of nitrogens with one attached hydrogen (secondary N) is 1. The molecule has 1 atom stereocenters. The number of ether oxygens (including phenoxy) is 2. The van der Waals surface area contributed by atoms with Crippen molar-refractivity contribution < 1.29 is 14.3 Å². The summed E-state index contributed by atoms with van der Waals surface area (Å²) in [4.78, 5) is 17.5. The summed E-state index contributed by atoms with van der Waals surface area (Å²) in [5.74, 6) is 2.24. The highest BCUT2D eigenvalue weighted by molar-refractivity contribution is 5.94. The zero-order valence-electron chi connectivity index (χ0n) is 19.0. The molecular formula is C27H29N3O3. The summed E-state index contributed by atoms with van der Waals surface area (Å²) in [7, 11) is 1.64. The number of fused-ring (bicyclic) bond motifs is 1. The summed E-state index contributed by atoms with van der Waals surface area (Å²) in [5.41, 5.74) is 2.64. The number of nitrogens with zero attached hydrogens (tertiary/aromatic N) is 2. The fourth-order valence-corrected chi connectivity index (χ4v) is 3.89. The van der Waals surface area contributed by atoms with Gasteiger partial charge in [-0.25, -0.2) is 4.98 Å².